The van der Waals surface area contributed by atoms with Crippen LogP contribution in [-0.4, -0.2) is 27.9 Å². The van der Waals surface area contributed by atoms with E-state index in [9.17, 15) is 31.1 Å². The lowest BCUT2D eigenvalue weighted by Crippen LogP contribution is -2.43. The van der Waals surface area contributed by atoms with Crippen LogP contribution >= 0.6 is 15.9 Å². The summed E-state index contributed by atoms with van der Waals surface area (Å²) in [5.41, 5.74) is 0.330. The molecule has 0 amide bonds. The molecule has 10 heteroatoms. The monoisotopic (exact) mass is 366 g/mol. The van der Waals surface area contributed by atoms with Crippen molar-refractivity contribution in [2.45, 2.75) is 25.7 Å². The SMILES string of the molecule is Cc1nn(C)c(CC(=O)C(C(F)(F)F)C(F)(F)F)c1Br. The van der Waals surface area contributed by atoms with Crippen LogP contribution in [0.4, 0.5) is 26.3 Å². The van der Waals surface area contributed by atoms with Gasteiger partial charge in [0.1, 0.15) is 0 Å². The summed E-state index contributed by atoms with van der Waals surface area (Å²) in [5.74, 6) is -5.95. The number of aromatic nitrogens is 2. The average Bonchev–Trinajstić information content (AvgIpc) is 2.40. The highest BCUT2D eigenvalue weighted by Gasteiger charge is 2.60. The minimum absolute atomic E-state index is 0.0361. The van der Waals surface area contributed by atoms with Gasteiger partial charge in [0.05, 0.1) is 22.3 Å². The summed E-state index contributed by atoms with van der Waals surface area (Å²) in [5, 5.41) is 3.80. The molecule has 0 aliphatic rings. The smallest absolute Gasteiger partial charge is 0.298 e. The Hall–Kier alpha value is -1.06. The number of halogens is 7. The molecule has 0 unspecified atom stereocenters. The minimum atomic E-state index is -5.67. The molecule has 0 aromatic carbocycles. The Morgan fingerprint density at radius 1 is 1.25 bits per heavy atom. The second-order valence-electron chi connectivity index (χ2n) is 4.13. The zero-order chi connectivity index (χ0) is 15.9. The lowest BCUT2D eigenvalue weighted by molar-refractivity contribution is -0.273. The molecule has 0 atom stereocenters. The van der Waals surface area contributed by atoms with Gasteiger partial charge in [-0.1, -0.05) is 0 Å². The van der Waals surface area contributed by atoms with Crippen molar-refractivity contribution < 1.29 is 31.1 Å². The fourth-order valence-corrected chi connectivity index (χ4v) is 2.17. The second-order valence-corrected chi connectivity index (χ2v) is 4.92. The number of rotatable bonds is 3. The molecule has 0 bridgehead atoms. The Morgan fingerprint density at radius 3 is 2.00 bits per heavy atom. The number of Topliss-reactive ketones (excluding diaryl/α,β-unsaturated/α-hetero) is 1. The molecular weight excluding hydrogens is 358 g/mol. The number of alkyl halides is 6. The third-order valence-corrected chi connectivity index (χ3v) is 3.61. The quantitative estimate of drug-likeness (QED) is 0.769. The summed E-state index contributed by atoms with van der Waals surface area (Å²) >= 11 is 2.98. The number of carbonyl (C=O) groups is 1. The topological polar surface area (TPSA) is 34.9 Å². The summed E-state index contributed by atoms with van der Waals surface area (Å²) in [6.07, 6.45) is -12.4. The van der Waals surface area contributed by atoms with Crippen molar-refractivity contribution in [1.29, 1.82) is 0 Å². The van der Waals surface area contributed by atoms with E-state index in [0.717, 1.165) is 4.68 Å². The van der Waals surface area contributed by atoms with E-state index in [2.05, 4.69) is 21.0 Å². The van der Waals surface area contributed by atoms with E-state index in [-0.39, 0.29) is 10.2 Å². The first-order valence-electron chi connectivity index (χ1n) is 5.19. The molecule has 1 aromatic rings. The fraction of sp³-hybridized carbons (Fsp3) is 0.600. The number of nitrogens with zero attached hydrogens (tertiary/aromatic N) is 2. The summed E-state index contributed by atoms with van der Waals surface area (Å²) in [4.78, 5) is 11.4. The fourth-order valence-electron chi connectivity index (χ4n) is 1.69. The molecule has 0 spiro atoms. The Bertz CT molecular complexity index is 505. The van der Waals surface area contributed by atoms with E-state index < -0.39 is 30.5 Å². The highest BCUT2D eigenvalue weighted by atomic mass is 79.9. The molecular formula is C10H9BrF6N2O. The van der Waals surface area contributed by atoms with Crippen LogP contribution in [0.5, 0.6) is 0 Å². The largest absolute Gasteiger partial charge is 0.407 e. The van der Waals surface area contributed by atoms with Gasteiger partial charge in [-0.25, -0.2) is 0 Å². The van der Waals surface area contributed by atoms with Gasteiger partial charge in [-0.2, -0.15) is 31.4 Å². The first-order valence-corrected chi connectivity index (χ1v) is 5.99. The molecule has 1 aromatic heterocycles. The Balaban J connectivity index is 3.10. The summed E-state index contributed by atoms with van der Waals surface area (Å²) in [6, 6.07) is 0. The minimum Gasteiger partial charge on any atom is -0.298 e. The van der Waals surface area contributed by atoms with Gasteiger partial charge in [0.25, 0.3) is 0 Å². The van der Waals surface area contributed by atoms with Crippen molar-refractivity contribution in [2.24, 2.45) is 13.0 Å². The Morgan fingerprint density at radius 2 is 1.70 bits per heavy atom. The van der Waals surface area contributed by atoms with Gasteiger partial charge in [-0.15, -0.1) is 0 Å². The molecule has 0 aliphatic carbocycles. The van der Waals surface area contributed by atoms with Crippen LogP contribution in [0.3, 0.4) is 0 Å². The molecule has 0 fully saturated rings. The average molecular weight is 367 g/mol. The number of hydrogen-bond donors (Lipinski definition) is 0. The number of hydrogen-bond acceptors (Lipinski definition) is 2. The van der Waals surface area contributed by atoms with Crippen LogP contribution in [0.2, 0.25) is 0 Å². The van der Waals surface area contributed by atoms with Gasteiger partial charge >= 0.3 is 12.4 Å². The van der Waals surface area contributed by atoms with E-state index in [1.54, 1.807) is 0 Å². The predicted octanol–water partition coefficient (Wildman–Crippen LogP) is 3.34. The van der Waals surface area contributed by atoms with Crippen molar-refractivity contribution in [3.8, 4) is 0 Å². The number of carbonyl (C=O) groups excluding carboxylic acids is 1. The standard InChI is InChI=1S/C10H9BrF6N2O/c1-4-7(11)5(19(2)18-4)3-6(20)8(9(12,13)14)10(15,16)17/h8H,3H2,1-2H3. The van der Waals surface area contributed by atoms with Crippen molar-refractivity contribution in [1.82, 2.24) is 9.78 Å². The Labute approximate surface area is 118 Å². The van der Waals surface area contributed by atoms with Gasteiger partial charge < -0.3 is 0 Å². The van der Waals surface area contributed by atoms with Gasteiger partial charge in [0, 0.05) is 7.05 Å². The van der Waals surface area contributed by atoms with E-state index in [0.29, 0.717) is 5.69 Å². The summed E-state index contributed by atoms with van der Waals surface area (Å²) < 4.78 is 75.7. The van der Waals surface area contributed by atoms with Gasteiger partial charge in [-0.3, -0.25) is 9.48 Å². The summed E-state index contributed by atoms with van der Waals surface area (Å²) in [7, 11) is 1.33. The van der Waals surface area contributed by atoms with Crippen molar-refractivity contribution in [3.63, 3.8) is 0 Å². The maximum atomic E-state index is 12.4. The van der Waals surface area contributed by atoms with Gasteiger partial charge in [-0.05, 0) is 22.9 Å². The molecule has 0 aliphatic heterocycles. The van der Waals surface area contributed by atoms with E-state index in [1.165, 1.54) is 14.0 Å². The third-order valence-electron chi connectivity index (χ3n) is 2.58. The zero-order valence-corrected chi connectivity index (χ0v) is 11.8. The first kappa shape index (κ1) is 17.0. The van der Waals surface area contributed by atoms with Crippen molar-refractivity contribution >= 4 is 21.7 Å². The van der Waals surface area contributed by atoms with Crippen LogP contribution in [-0.2, 0) is 18.3 Å². The van der Waals surface area contributed by atoms with Crippen molar-refractivity contribution in [3.05, 3.63) is 15.9 Å². The molecule has 0 radical (unpaired) electrons. The molecule has 20 heavy (non-hydrogen) atoms. The lowest BCUT2D eigenvalue weighted by atomic mass is 9.99. The molecule has 0 N–H and O–H groups in total. The molecule has 3 nitrogen and oxygen atoms in total. The maximum absolute atomic E-state index is 12.4. The zero-order valence-electron chi connectivity index (χ0n) is 10.2. The van der Waals surface area contributed by atoms with Crippen LogP contribution in [0.25, 0.3) is 0 Å². The molecule has 1 heterocycles. The number of aryl methyl sites for hydroxylation is 2. The first-order chi connectivity index (χ1) is 8.85. The van der Waals surface area contributed by atoms with Gasteiger partial charge in [0.15, 0.2) is 5.78 Å². The van der Waals surface area contributed by atoms with Crippen LogP contribution in [0, 0.1) is 12.8 Å². The molecule has 114 valence electrons. The van der Waals surface area contributed by atoms with E-state index >= 15 is 0 Å². The predicted molar refractivity (Wildman–Crippen MR) is 60.0 cm³/mol. The third kappa shape index (κ3) is 3.53. The highest BCUT2D eigenvalue weighted by molar-refractivity contribution is 9.10. The molecule has 0 saturated heterocycles. The lowest BCUT2D eigenvalue weighted by Gasteiger charge is -2.21. The van der Waals surface area contributed by atoms with Crippen LogP contribution < -0.4 is 0 Å². The second kappa shape index (κ2) is 5.38. The van der Waals surface area contributed by atoms with E-state index in [1.807, 2.05) is 0 Å². The normalized spacial score (nSPS) is 13.1. The number of ketones is 1. The molecule has 1 rings (SSSR count). The molecule has 0 saturated carbocycles. The Kier molecular flexibility index (Phi) is 4.57. The van der Waals surface area contributed by atoms with Gasteiger partial charge in [0.2, 0.25) is 5.92 Å². The van der Waals surface area contributed by atoms with Crippen LogP contribution in [0.15, 0.2) is 4.47 Å². The van der Waals surface area contributed by atoms with E-state index in [4.69, 9.17) is 0 Å². The van der Waals surface area contributed by atoms with Crippen molar-refractivity contribution in [2.75, 3.05) is 0 Å². The van der Waals surface area contributed by atoms with Crippen LogP contribution in [0.1, 0.15) is 11.4 Å². The maximum Gasteiger partial charge on any atom is 0.407 e. The highest BCUT2D eigenvalue weighted by Crippen LogP contribution is 2.40. The summed E-state index contributed by atoms with van der Waals surface area (Å²) in [6.45, 7) is 1.50.